The lowest BCUT2D eigenvalue weighted by Crippen LogP contribution is -2.04. The minimum Gasteiger partial charge on any atom is -0.465 e. The zero-order valence-corrected chi connectivity index (χ0v) is 13.0. The zero-order valence-electron chi connectivity index (χ0n) is 13.0. The first-order valence-electron chi connectivity index (χ1n) is 7.20. The smallest absolute Gasteiger partial charge is 0.348 e. The average Bonchev–Trinajstić information content (AvgIpc) is 2.56. The molecule has 3 heteroatoms. The third-order valence-corrected chi connectivity index (χ3v) is 3.30. The fourth-order valence-electron chi connectivity index (χ4n) is 2.13. The van der Waals surface area contributed by atoms with E-state index in [1.165, 1.54) is 7.11 Å². The average molecular weight is 293 g/mol. The molecule has 112 valence electrons. The highest BCUT2D eigenvalue weighted by Gasteiger charge is 2.12. The van der Waals surface area contributed by atoms with Gasteiger partial charge in [0.1, 0.15) is 5.57 Å². The molecule has 0 spiro atoms. The van der Waals surface area contributed by atoms with E-state index in [0.29, 0.717) is 11.5 Å². The molecule has 0 amide bonds. The number of rotatable bonds is 4. The van der Waals surface area contributed by atoms with Crippen LogP contribution in [0.1, 0.15) is 30.9 Å². The van der Waals surface area contributed by atoms with E-state index >= 15 is 0 Å². The summed E-state index contributed by atoms with van der Waals surface area (Å²) < 4.78 is 4.83. The molecule has 0 fully saturated rings. The van der Waals surface area contributed by atoms with Gasteiger partial charge in [-0.3, -0.25) is 0 Å². The first-order valence-corrected chi connectivity index (χ1v) is 7.20. The van der Waals surface area contributed by atoms with Gasteiger partial charge in [0.15, 0.2) is 0 Å². The lowest BCUT2D eigenvalue weighted by atomic mass is 10.0. The zero-order chi connectivity index (χ0) is 15.9. The number of benzene rings is 2. The van der Waals surface area contributed by atoms with E-state index in [1.54, 1.807) is 0 Å². The van der Waals surface area contributed by atoms with Crippen LogP contribution in [-0.2, 0) is 9.53 Å². The summed E-state index contributed by atoms with van der Waals surface area (Å²) in [6.45, 7) is 4.22. The number of carbonyl (C=O) groups excluding carboxylic acids is 1. The third-order valence-electron chi connectivity index (χ3n) is 3.30. The predicted molar refractivity (Wildman–Crippen MR) is 89.5 cm³/mol. The van der Waals surface area contributed by atoms with Crippen LogP contribution in [0.3, 0.4) is 0 Å². The van der Waals surface area contributed by atoms with Gasteiger partial charge in [-0.15, -0.1) is 0 Å². The molecular weight excluding hydrogens is 274 g/mol. The summed E-state index contributed by atoms with van der Waals surface area (Å²) in [5, 5.41) is 0. The van der Waals surface area contributed by atoms with Gasteiger partial charge < -0.3 is 4.74 Å². The van der Waals surface area contributed by atoms with Gasteiger partial charge >= 0.3 is 5.97 Å². The van der Waals surface area contributed by atoms with E-state index in [2.05, 4.69) is 24.7 Å². The minimum atomic E-state index is -0.447. The lowest BCUT2D eigenvalue weighted by molar-refractivity contribution is -0.133. The lowest BCUT2D eigenvalue weighted by Gasteiger charge is -2.07. The van der Waals surface area contributed by atoms with Crippen LogP contribution < -0.4 is 0 Å². The summed E-state index contributed by atoms with van der Waals surface area (Å²) >= 11 is 0. The number of hydrogen-bond acceptors (Lipinski definition) is 3. The number of ether oxygens (including phenoxy) is 1. The first kappa shape index (κ1) is 15.7. The van der Waals surface area contributed by atoms with Crippen molar-refractivity contribution >= 4 is 23.1 Å². The van der Waals surface area contributed by atoms with Crippen molar-refractivity contribution in [1.29, 1.82) is 0 Å². The fourth-order valence-corrected chi connectivity index (χ4v) is 2.13. The molecule has 0 N–H and O–H groups in total. The Morgan fingerprint density at radius 2 is 1.68 bits per heavy atom. The first-order chi connectivity index (χ1) is 10.6. The number of nitrogens with zero attached hydrogens (tertiary/aromatic N) is 1. The van der Waals surface area contributed by atoms with Crippen molar-refractivity contribution in [3.05, 3.63) is 65.7 Å². The monoisotopic (exact) mass is 293 g/mol. The second-order valence-electron chi connectivity index (χ2n) is 5.17. The van der Waals surface area contributed by atoms with Gasteiger partial charge in [-0.2, -0.15) is 0 Å². The molecule has 0 aliphatic rings. The maximum atomic E-state index is 12.0. The Morgan fingerprint density at radius 3 is 2.32 bits per heavy atom. The van der Waals surface area contributed by atoms with Crippen molar-refractivity contribution in [3.63, 3.8) is 0 Å². The maximum Gasteiger partial charge on any atom is 0.348 e. The van der Waals surface area contributed by atoms with Crippen LogP contribution in [0.4, 0.5) is 5.69 Å². The molecule has 0 saturated heterocycles. The predicted octanol–water partition coefficient (Wildman–Crippen LogP) is 4.37. The number of hydrogen-bond donors (Lipinski definition) is 0. The highest BCUT2D eigenvalue weighted by Crippen LogP contribution is 2.26. The van der Waals surface area contributed by atoms with Crippen LogP contribution in [0.2, 0.25) is 0 Å². The second-order valence-corrected chi connectivity index (χ2v) is 5.17. The molecule has 0 unspecified atom stereocenters. The van der Waals surface area contributed by atoms with Crippen molar-refractivity contribution in [2.24, 2.45) is 4.99 Å². The molecule has 0 atom stereocenters. The summed E-state index contributed by atoms with van der Waals surface area (Å²) in [6, 6.07) is 17.1. The number of aliphatic imine (C=N–C) groups is 1. The molecule has 0 aliphatic carbocycles. The Labute approximate surface area is 131 Å². The molecule has 3 nitrogen and oxygen atoms in total. The highest BCUT2D eigenvalue weighted by molar-refractivity contribution is 6.26. The van der Waals surface area contributed by atoms with Gasteiger partial charge in [0.05, 0.1) is 12.8 Å². The van der Waals surface area contributed by atoms with Crippen LogP contribution in [0.5, 0.6) is 0 Å². The Morgan fingerprint density at radius 1 is 1.05 bits per heavy atom. The quantitative estimate of drug-likeness (QED) is 0.477. The van der Waals surface area contributed by atoms with Gasteiger partial charge in [-0.25, -0.2) is 9.79 Å². The van der Waals surface area contributed by atoms with Crippen LogP contribution in [0, 0.1) is 0 Å². The van der Waals surface area contributed by atoms with Crippen LogP contribution in [0.25, 0.3) is 5.57 Å². The Bertz CT molecular complexity index is 711. The van der Waals surface area contributed by atoms with Crippen LogP contribution in [0.15, 0.2) is 59.6 Å². The molecule has 0 bridgehead atoms. The second kappa shape index (κ2) is 7.39. The summed E-state index contributed by atoms with van der Waals surface area (Å²) in [4.78, 5) is 16.4. The van der Waals surface area contributed by atoms with Crippen molar-refractivity contribution in [3.8, 4) is 0 Å². The molecular formula is C19H19NO2. The SMILES string of the molecule is COC(=O)C(=C=Nc1ccccc1C(C)C)c1ccccc1. The molecule has 2 rings (SSSR count). The van der Waals surface area contributed by atoms with Gasteiger partial charge in [0.2, 0.25) is 0 Å². The summed E-state index contributed by atoms with van der Waals surface area (Å²) in [5.74, 6) is 2.77. The molecule has 22 heavy (non-hydrogen) atoms. The van der Waals surface area contributed by atoms with Crippen molar-refractivity contribution in [1.82, 2.24) is 0 Å². The fraction of sp³-hybridized carbons (Fsp3) is 0.211. The van der Waals surface area contributed by atoms with E-state index < -0.39 is 5.97 Å². The van der Waals surface area contributed by atoms with Gasteiger partial charge in [-0.05, 0) is 23.1 Å². The Balaban J connectivity index is 2.53. The van der Waals surface area contributed by atoms with Crippen molar-refractivity contribution < 1.29 is 9.53 Å². The van der Waals surface area contributed by atoms with E-state index in [0.717, 1.165) is 16.8 Å². The number of methoxy groups -OCH3 is 1. The minimum absolute atomic E-state index is 0.321. The summed E-state index contributed by atoms with van der Waals surface area (Å²) in [5.41, 5.74) is 2.99. The van der Waals surface area contributed by atoms with E-state index in [4.69, 9.17) is 4.74 Å². The normalized spacial score (nSPS) is 10.0. The number of esters is 1. The van der Waals surface area contributed by atoms with Crippen molar-refractivity contribution in [2.75, 3.05) is 7.11 Å². The Kier molecular flexibility index (Phi) is 5.29. The van der Waals surface area contributed by atoms with E-state index in [9.17, 15) is 4.79 Å². The topological polar surface area (TPSA) is 38.7 Å². The maximum absolute atomic E-state index is 12.0. The third kappa shape index (κ3) is 3.72. The highest BCUT2D eigenvalue weighted by atomic mass is 16.5. The molecule has 2 aromatic carbocycles. The molecule has 2 aromatic rings. The Hall–Kier alpha value is -2.64. The van der Waals surface area contributed by atoms with Gasteiger partial charge in [0, 0.05) is 5.87 Å². The van der Waals surface area contributed by atoms with Gasteiger partial charge in [-0.1, -0.05) is 62.4 Å². The molecule has 0 heterocycles. The molecule has 0 radical (unpaired) electrons. The largest absolute Gasteiger partial charge is 0.465 e. The molecule has 0 saturated carbocycles. The van der Waals surface area contributed by atoms with Crippen LogP contribution >= 0.6 is 0 Å². The number of carbonyl (C=O) groups is 1. The molecule has 0 aromatic heterocycles. The standard InChI is InChI=1S/C19H19NO2/c1-14(2)16-11-7-8-12-18(16)20-13-17(19(21)22-3)15-9-5-4-6-10-15/h4-12,14H,1-3H3. The number of para-hydroxylation sites is 1. The van der Waals surface area contributed by atoms with E-state index in [1.807, 2.05) is 54.6 Å². The van der Waals surface area contributed by atoms with Gasteiger partial charge in [0.25, 0.3) is 0 Å². The van der Waals surface area contributed by atoms with Crippen molar-refractivity contribution in [2.45, 2.75) is 19.8 Å². The summed E-state index contributed by atoms with van der Waals surface area (Å²) in [6.07, 6.45) is 0. The summed E-state index contributed by atoms with van der Waals surface area (Å²) in [7, 11) is 1.36. The molecule has 0 aliphatic heterocycles. The van der Waals surface area contributed by atoms with Crippen LogP contribution in [-0.4, -0.2) is 18.9 Å². The van der Waals surface area contributed by atoms with E-state index in [-0.39, 0.29) is 0 Å².